The molecule has 0 saturated carbocycles. The Morgan fingerprint density at radius 1 is 1.28 bits per heavy atom. The average molecular weight is 250 g/mol. The number of likely N-dealkylation sites (tertiary alicyclic amines) is 1. The van der Waals surface area contributed by atoms with Crippen molar-refractivity contribution in [1.29, 1.82) is 0 Å². The van der Waals surface area contributed by atoms with Crippen molar-refractivity contribution in [3.63, 3.8) is 0 Å². The summed E-state index contributed by atoms with van der Waals surface area (Å²) in [5, 5.41) is 3.10. The van der Waals surface area contributed by atoms with E-state index in [0.717, 1.165) is 37.3 Å². The second kappa shape index (κ2) is 5.81. The maximum absolute atomic E-state index is 13.8. The number of nitrogens with one attached hydrogen (secondary N) is 1. The van der Waals surface area contributed by atoms with Crippen LogP contribution in [0.3, 0.4) is 0 Å². The van der Waals surface area contributed by atoms with Crippen molar-refractivity contribution in [3.8, 4) is 0 Å². The van der Waals surface area contributed by atoms with Gasteiger partial charge in [0.05, 0.1) is 0 Å². The van der Waals surface area contributed by atoms with E-state index in [1.165, 1.54) is 0 Å². The molecule has 0 aromatic heterocycles. The second-order valence-electron chi connectivity index (χ2n) is 5.60. The summed E-state index contributed by atoms with van der Waals surface area (Å²) < 4.78 is 13.8. The minimum Gasteiger partial charge on any atom is -0.316 e. The smallest absolute Gasteiger partial charge is 0.127 e. The Hall–Kier alpha value is -0.930. The zero-order chi connectivity index (χ0) is 13.1. The van der Waals surface area contributed by atoms with E-state index in [0.29, 0.717) is 11.8 Å². The third-order valence-electron chi connectivity index (χ3n) is 3.95. The Morgan fingerprint density at radius 2 is 1.94 bits per heavy atom. The van der Waals surface area contributed by atoms with Crippen molar-refractivity contribution < 1.29 is 4.39 Å². The van der Waals surface area contributed by atoms with Gasteiger partial charge in [-0.3, -0.25) is 4.90 Å². The van der Waals surface area contributed by atoms with Crippen molar-refractivity contribution in [1.82, 2.24) is 10.2 Å². The zero-order valence-electron chi connectivity index (χ0n) is 11.5. The summed E-state index contributed by atoms with van der Waals surface area (Å²) in [6.45, 7) is 8.24. The normalized spacial score (nSPS) is 24.7. The first-order valence-electron chi connectivity index (χ1n) is 6.74. The molecule has 2 unspecified atom stereocenters. The predicted molar refractivity (Wildman–Crippen MR) is 72.8 cm³/mol. The van der Waals surface area contributed by atoms with Crippen LogP contribution in [-0.4, -0.2) is 25.0 Å². The first-order chi connectivity index (χ1) is 8.60. The number of hydrogen-bond acceptors (Lipinski definition) is 2. The third kappa shape index (κ3) is 3.09. The van der Waals surface area contributed by atoms with Gasteiger partial charge >= 0.3 is 0 Å². The molecule has 3 heteroatoms. The van der Waals surface area contributed by atoms with Crippen LogP contribution in [0.15, 0.2) is 18.2 Å². The lowest BCUT2D eigenvalue weighted by Gasteiger charge is -2.16. The van der Waals surface area contributed by atoms with Gasteiger partial charge in [0.25, 0.3) is 0 Å². The Kier molecular flexibility index (Phi) is 4.36. The van der Waals surface area contributed by atoms with Gasteiger partial charge in [-0.25, -0.2) is 4.39 Å². The summed E-state index contributed by atoms with van der Waals surface area (Å²) in [6.07, 6.45) is 0. The molecule has 0 bridgehead atoms. The number of hydrogen-bond donors (Lipinski definition) is 1. The molecule has 0 aliphatic carbocycles. The highest BCUT2D eigenvalue weighted by atomic mass is 19.1. The molecule has 1 fully saturated rings. The Bertz CT molecular complexity index is 395. The third-order valence-corrected chi connectivity index (χ3v) is 3.95. The molecule has 1 aromatic rings. The highest BCUT2D eigenvalue weighted by Gasteiger charge is 2.26. The second-order valence-corrected chi connectivity index (χ2v) is 5.60. The molecule has 0 radical (unpaired) electrons. The Morgan fingerprint density at radius 3 is 2.56 bits per heavy atom. The van der Waals surface area contributed by atoms with E-state index >= 15 is 0 Å². The number of nitrogens with zero attached hydrogens (tertiary/aromatic N) is 1. The fourth-order valence-corrected chi connectivity index (χ4v) is 2.68. The van der Waals surface area contributed by atoms with Crippen LogP contribution in [0.25, 0.3) is 0 Å². The summed E-state index contributed by atoms with van der Waals surface area (Å²) in [7, 11) is 1.91. The summed E-state index contributed by atoms with van der Waals surface area (Å²) >= 11 is 0. The Labute approximate surface area is 109 Å². The quantitative estimate of drug-likeness (QED) is 0.883. The van der Waals surface area contributed by atoms with E-state index in [1.807, 2.05) is 19.2 Å². The molecular formula is C15H23FN2. The summed E-state index contributed by atoms with van der Waals surface area (Å²) in [5.74, 6) is 1.35. The van der Waals surface area contributed by atoms with Crippen LogP contribution in [-0.2, 0) is 13.1 Å². The van der Waals surface area contributed by atoms with E-state index < -0.39 is 0 Å². The molecule has 2 atom stereocenters. The van der Waals surface area contributed by atoms with E-state index in [9.17, 15) is 4.39 Å². The van der Waals surface area contributed by atoms with E-state index in [2.05, 4.69) is 24.1 Å². The maximum Gasteiger partial charge on any atom is 0.127 e. The van der Waals surface area contributed by atoms with Gasteiger partial charge in [-0.2, -0.15) is 0 Å². The van der Waals surface area contributed by atoms with Crippen molar-refractivity contribution in [2.24, 2.45) is 11.8 Å². The first-order valence-corrected chi connectivity index (χ1v) is 6.74. The molecule has 100 valence electrons. The highest BCUT2D eigenvalue weighted by Crippen LogP contribution is 2.24. The molecule has 18 heavy (non-hydrogen) atoms. The van der Waals surface area contributed by atoms with Crippen LogP contribution < -0.4 is 5.32 Å². The van der Waals surface area contributed by atoms with E-state index in [4.69, 9.17) is 0 Å². The zero-order valence-corrected chi connectivity index (χ0v) is 11.5. The molecule has 1 aliphatic heterocycles. The van der Waals surface area contributed by atoms with Crippen molar-refractivity contribution >= 4 is 0 Å². The van der Waals surface area contributed by atoms with Gasteiger partial charge in [-0.15, -0.1) is 0 Å². The van der Waals surface area contributed by atoms with Crippen molar-refractivity contribution in [2.75, 3.05) is 20.1 Å². The maximum atomic E-state index is 13.8. The van der Waals surface area contributed by atoms with Gasteiger partial charge in [0.1, 0.15) is 5.82 Å². The summed E-state index contributed by atoms with van der Waals surface area (Å²) in [4.78, 5) is 2.36. The first kappa shape index (κ1) is 13.5. The van der Waals surface area contributed by atoms with Crippen LogP contribution in [0.5, 0.6) is 0 Å². The number of halogens is 1. The molecule has 0 spiro atoms. The molecule has 1 saturated heterocycles. The topological polar surface area (TPSA) is 15.3 Å². The van der Waals surface area contributed by atoms with Crippen molar-refractivity contribution in [2.45, 2.75) is 26.9 Å². The molecule has 2 nitrogen and oxygen atoms in total. The lowest BCUT2D eigenvalue weighted by Crippen LogP contribution is -2.21. The average Bonchev–Trinajstić information content (AvgIpc) is 2.63. The summed E-state index contributed by atoms with van der Waals surface area (Å²) in [6, 6.07) is 5.43. The van der Waals surface area contributed by atoms with E-state index in [-0.39, 0.29) is 5.82 Å². The molecule has 0 amide bonds. The fraction of sp³-hybridized carbons (Fsp3) is 0.600. The fourth-order valence-electron chi connectivity index (χ4n) is 2.68. The molecule has 1 N–H and O–H groups in total. The number of benzene rings is 1. The van der Waals surface area contributed by atoms with Crippen LogP contribution in [0, 0.1) is 17.7 Å². The predicted octanol–water partition coefficient (Wildman–Crippen LogP) is 2.63. The van der Waals surface area contributed by atoms with E-state index in [1.54, 1.807) is 6.07 Å². The molecule has 1 heterocycles. The van der Waals surface area contributed by atoms with Crippen LogP contribution in [0.4, 0.5) is 4.39 Å². The summed E-state index contributed by atoms with van der Waals surface area (Å²) in [5.41, 5.74) is 1.97. The minimum absolute atomic E-state index is 0.0814. The highest BCUT2D eigenvalue weighted by molar-refractivity contribution is 5.25. The van der Waals surface area contributed by atoms with Gasteiger partial charge in [-0.05, 0) is 30.5 Å². The van der Waals surface area contributed by atoms with Gasteiger partial charge < -0.3 is 5.32 Å². The SMILES string of the molecule is CNCc1ccc(F)c(CN2CC(C)C(C)C2)c1. The van der Waals surface area contributed by atoms with Crippen LogP contribution in [0.1, 0.15) is 25.0 Å². The molecule has 1 aliphatic rings. The molecular weight excluding hydrogens is 227 g/mol. The lowest BCUT2D eigenvalue weighted by molar-refractivity contribution is 0.310. The monoisotopic (exact) mass is 250 g/mol. The van der Waals surface area contributed by atoms with Crippen LogP contribution in [0.2, 0.25) is 0 Å². The Balaban J connectivity index is 2.06. The van der Waals surface area contributed by atoms with Gasteiger partial charge in [0, 0.05) is 31.7 Å². The lowest BCUT2D eigenvalue weighted by atomic mass is 10.0. The van der Waals surface area contributed by atoms with Gasteiger partial charge in [0.15, 0.2) is 0 Å². The van der Waals surface area contributed by atoms with Crippen LogP contribution >= 0.6 is 0 Å². The molecule has 1 aromatic carbocycles. The standard InChI is InChI=1S/C15H23FN2/c1-11-8-18(9-12(11)2)10-14-6-13(7-17-3)4-5-15(14)16/h4-6,11-12,17H,7-10H2,1-3H3. The number of rotatable bonds is 4. The van der Waals surface area contributed by atoms with Crippen molar-refractivity contribution in [3.05, 3.63) is 35.1 Å². The van der Waals surface area contributed by atoms with Gasteiger partial charge in [0.2, 0.25) is 0 Å². The van der Waals surface area contributed by atoms with Gasteiger partial charge in [-0.1, -0.05) is 26.0 Å². The largest absolute Gasteiger partial charge is 0.316 e. The molecule has 2 rings (SSSR count). The minimum atomic E-state index is -0.0814.